The van der Waals surface area contributed by atoms with E-state index in [-0.39, 0.29) is 18.2 Å². The van der Waals surface area contributed by atoms with Crippen LogP contribution in [0.4, 0.5) is 4.39 Å². The molecule has 1 aromatic rings. The maximum Gasteiger partial charge on any atom is 0.193 e. The number of Topliss-reactive ketones (excluding diaryl/α,β-unsaturated/α-hetero) is 1. The van der Waals surface area contributed by atoms with Gasteiger partial charge in [-0.3, -0.25) is 4.79 Å². The Morgan fingerprint density at radius 3 is 2.60 bits per heavy atom. The van der Waals surface area contributed by atoms with Crippen molar-refractivity contribution < 1.29 is 18.7 Å². The average Bonchev–Trinajstić information content (AvgIpc) is 2.30. The van der Waals surface area contributed by atoms with E-state index in [1.54, 1.807) is 0 Å². The Morgan fingerprint density at radius 1 is 1.27 bits per heavy atom. The lowest BCUT2D eigenvalue weighted by Crippen LogP contribution is -2.35. The molecule has 3 nitrogen and oxygen atoms in total. The van der Waals surface area contributed by atoms with Crippen molar-refractivity contribution in [1.82, 2.24) is 0 Å². The van der Waals surface area contributed by atoms with Gasteiger partial charge in [0, 0.05) is 5.56 Å². The van der Waals surface area contributed by atoms with Crippen LogP contribution in [-0.2, 0) is 9.47 Å². The Bertz CT molecular complexity index is 341. The number of rotatable bonds is 2. The summed E-state index contributed by atoms with van der Waals surface area (Å²) in [5.74, 6) is -0.512. The third kappa shape index (κ3) is 2.40. The van der Waals surface area contributed by atoms with E-state index in [4.69, 9.17) is 9.47 Å². The lowest BCUT2D eigenvalue weighted by molar-refractivity contribution is -0.0719. The molecule has 1 saturated heterocycles. The number of halogens is 1. The molecule has 1 aromatic carbocycles. The largest absolute Gasteiger partial charge is 0.376 e. The quantitative estimate of drug-likeness (QED) is 0.692. The minimum absolute atomic E-state index is 0.158. The van der Waals surface area contributed by atoms with Crippen LogP contribution in [0.25, 0.3) is 0 Å². The third-order valence-corrected chi connectivity index (χ3v) is 2.24. The van der Waals surface area contributed by atoms with E-state index in [9.17, 15) is 9.18 Å². The molecule has 15 heavy (non-hydrogen) atoms. The summed E-state index contributed by atoms with van der Waals surface area (Å²) in [6.07, 6.45) is -0.552. The fourth-order valence-electron chi connectivity index (χ4n) is 1.44. The molecule has 0 saturated carbocycles. The summed E-state index contributed by atoms with van der Waals surface area (Å²) in [7, 11) is 0. The molecule has 1 aliphatic heterocycles. The Hall–Kier alpha value is -1.26. The van der Waals surface area contributed by atoms with Crippen molar-refractivity contribution in [1.29, 1.82) is 0 Å². The van der Waals surface area contributed by atoms with Crippen molar-refractivity contribution >= 4 is 5.78 Å². The summed E-state index contributed by atoms with van der Waals surface area (Å²) in [5, 5.41) is 0. The molecule has 0 aromatic heterocycles. The summed E-state index contributed by atoms with van der Waals surface area (Å²) in [6.45, 7) is 1.22. The maximum absolute atomic E-state index is 12.6. The molecule has 0 aliphatic carbocycles. The Labute approximate surface area is 86.8 Å². The second kappa shape index (κ2) is 4.51. The standard InChI is InChI=1S/C11H11FO3/c12-9-3-1-8(2-4-9)11(13)10-7-14-5-6-15-10/h1-4,10H,5-7H2/t10-/m0/s1. The SMILES string of the molecule is O=C(c1ccc(F)cc1)[C@@H]1COCCO1. The highest BCUT2D eigenvalue weighted by Crippen LogP contribution is 2.10. The molecule has 4 heteroatoms. The van der Waals surface area contributed by atoms with E-state index < -0.39 is 6.10 Å². The van der Waals surface area contributed by atoms with Gasteiger partial charge in [-0.25, -0.2) is 4.39 Å². The van der Waals surface area contributed by atoms with Crippen molar-refractivity contribution in [2.45, 2.75) is 6.10 Å². The van der Waals surface area contributed by atoms with E-state index in [2.05, 4.69) is 0 Å². The van der Waals surface area contributed by atoms with Gasteiger partial charge >= 0.3 is 0 Å². The van der Waals surface area contributed by atoms with Gasteiger partial charge in [0.05, 0.1) is 19.8 Å². The second-order valence-electron chi connectivity index (χ2n) is 3.31. The van der Waals surface area contributed by atoms with Gasteiger partial charge in [-0.2, -0.15) is 0 Å². The first-order valence-corrected chi connectivity index (χ1v) is 4.76. The van der Waals surface area contributed by atoms with Crippen LogP contribution in [-0.4, -0.2) is 31.7 Å². The molecule has 80 valence electrons. The maximum atomic E-state index is 12.6. The summed E-state index contributed by atoms with van der Waals surface area (Å²) < 4.78 is 23.0. The lowest BCUT2D eigenvalue weighted by atomic mass is 10.1. The molecule has 0 spiro atoms. The van der Waals surface area contributed by atoms with Gasteiger partial charge in [-0.15, -0.1) is 0 Å². The van der Waals surface area contributed by atoms with Crippen molar-refractivity contribution in [3.05, 3.63) is 35.6 Å². The molecular formula is C11H11FO3. The number of benzene rings is 1. The minimum Gasteiger partial charge on any atom is -0.376 e. The molecule has 0 N–H and O–H groups in total. The van der Waals surface area contributed by atoms with E-state index in [1.807, 2.05) is 0 Å². The summed E-state index contributed by atoms with van der Waals surface area (Å²) >= 11 is 0. The van der Waals surface area contributed by atoms with Crippen molar-refractivity contribution in [2.75, 3.05) is 19.8 Å². The Morgan fingerprint density at radius 2 is 2.00 bits per heavy atom. The lowest BCUT2D eigenvalue weighted by Gasteiger charge is -2.21. The Kier molecular flexibility index (Phi) is 3.08. The number of hydrogen-bond acceptors (Lipinski definition) is 3. The molecule has 1 fully saturated rings. The molecule has 1 aliphatic rings. The highest BCUT2D eigenvalue weighted by Gasteiger charge is 2.23. The zero-order valence-corrected chi connectivity index (χ0v) is 8.11. The first-order chi connectivity index (χ1) is 7.27. The van der Waals surface area contributed by atoms with Crippen molar-refractivity contribution in [2.24, 2.45) is 0 Å². The number of ketones is 1. The monoisotopic (exact) mass is 210 g/mol. The van der Waals surface area contributed by atoms with Crippen LogP contribution in [0.3, 0.4) is 0 Å². The Balaban J connectivity index is 2.09. The van der Waals surface area contributed by atoms with Gasteiger partial charge < -0.3 is 9.47 Å². The van der Waals surface area contributed by atoms with Crippen molar-refractivity contribution in [3.8, 4) is 0 Å². The van der Waals surface area contributed by atoms with E-state index >= 15 is 0 Å². The van der Waals surface area contributed by atoms with Crippen LogP contribution in [0.2, 0.25) is 0 Å². The highest BCUT2D eigenvalue weighted by atomic mass is 19.1. The average molecular weight is 210 g/mol. The predicted molar refractivity (Wildman–Crippen MR) is 51.3 cm³/mol. The minimum atomic E-state index is -0.552. The van der Waals surface area contributed by atoms with Crippen LogP contribution < -0.4 is 0 Å². The van der Waals surface area contributed by atoms with Gasteiger partial charge in [0.1, 0.15) is 11.9 Å². The first-order valence-electron chi connectivity index (χ1n) is 4.76. The summed E-state index contributed by atoms with van der Waals surface area (Å²) in [5.41, 5.74) is 0.451. The smallest absolute Gasteiger partial charge is 0.193 e. The van der Waals surface area contributed by atoms with Crippen LogP contribution in [0.5, 0.6) is 0 Å². The van der Waals surface area contributed by atoms with Crippen molar-refractivity contribution in [3.63, 3.8) is 0 Å². The summed E-state index contributed by atoms with van der Waals surface area (Å²) in [4.78, 5) is 11.8. The van der Waals surface area contributed by atoms with Gasteiger partial charge in [0.15, 0.2) is 5.78 Å². The fraction of sp³-hybridized carbons (Fsp3) is 0.364. The van der Waals surface area contributed by atoms with Gasteiger partial charge in [0.2, 0.25) is 0 Å². The number of hydrogen-bond donors (Lipinski definition) is 0. The molecule has 0 unspecified atom stereocenters. The summed E-state index contributed by atoms with van der Waals surface area (Å²) in [6, 6.07) is 5.43. The van der Waals surface area contributed by atoms with E-state index in [0.29, 0.717) is 18.8 Å². The third-order valence-electron chi connectivity index (χ3n) is 2.24. The molecule has 0 radical (unpaired) electrons. The van der Waals surface area contributed by atoms with Gasteiger partial charge in [-0.1, -0.05) is 0 Å². The van der Waals surface area contributed by atoms with E-state index in [1.165, 1.54) is 24.3 Å². The molecule has 0 bridgehead atoms. The zero-order valence-electron chi connectivity index (χ0n) is 8.11. The molecule has 1 heterocycles. The fourth-order valence-corrected chi connectivity index (χ4v) is 1.44. The van der Waals surface area contributed by atoms with Crippen LogP contribution >= 0.6 is 0 Å². The number of ether oxygens (including phenoxy) is 2. The second-order valence-corrected chi connectivity index (χ2v) is 3.31. The normalized spacial score (nSPS) is 21.3. The van der Waals surface area contributed by atoms with Gasteiger partial charge in [0.25, 0.3) is 0 Å². The molecule has 2 rings (SSSR count). The van der Waals surface area contributed by atoms with Crippen LogP contribution in [0.1, 0.15) is 10.4 Å². The number of carbonyl (C=O) groups excluding carboxylic acids is 1. The highest BCUT2D eigenvalue weighted by molar-refractivity contribution is 5.99. The van der Waals surface area contributed by atoms with E-state index in [0.717, 1.165) is 0 Å². The molecule has 0 amide bonds. The number of carbonyl (C=O) groups is 1. The zero-order chi connectivity index (χ0) is 10.7. The van der Waals surface area contributed by atoms with Gasteiger partial charge in [-0.05, 0) is 24.3 Å². The van der Waals surface area contributed by atoms with Crippen LogP contribution in [0.15, 0.2) is 24.3 Å². The first kappa shape index (κ1) is 10.3. The van der Waals surface area contributed by atoms with Crippen LogP contribution in [0, 0.1) is 5.82 Å². The molecule has 1 atom stereocenters. The predicted octanol–water partition coefficient (Wildman–Crippen LogP) is 1.42. The topological polar surface area (TPSA) is 35.5 Å². The molecular weight excluding hydrogens is 199 g/mol.